The van der Waals surface area contributed by atoms with Crippen LogP contribution in [0.15, 0.2) is 36.4 Å². The van der Waals surface area contributed by atoms with E-state index >= 15 is 0 Å². The van der Waals surface area contributed by atoms with Crippen LogP contribution in [0.2, 0.25) is 0 Å². The van der Waals surface area contributed by atoms with E-state index in [9.17, 15) is 10.2 Å². The number of hydrogen-bond donors (Lipinski definition) is 2. The summed E-state index contributed by atoms with van der Waals surface area (Å²) in [5.41, 5.74) is 2.39. The minimum atomic E-state index is -1.24. The van der Waals surface area contributed by atoms with Gasteiger partial charge in [-0.2, -0.15) is 0 Å². The van der Waals surface area contributed by atoms with E-state index < -0.39 is 6.29 Å². The van der Waals surface area contributed by atoms with E-state index in [0.717, 1.165) is 24.8 Å². The molecule has 1 aliphatic rings. The molecule has 2 nitrogen and oxygen atoms in total. The second-order valence-corrected chi connectivity index (χ2v) is 4.81. The minimum absolute atomic E-state index is 0.122. The van der Waals surface area contributed by atoms with Crippen molar-refractivity contribution >= 4 is 10.8 Å². The lowest BCUT2D eigenvalue weighted by molar-refractivity contribution is -0.0636. The summed E-state index contributed by atoms with van der Waals surface area (Å²) in [5, 5.41) is 21.3. The highest BCUT2D eigenvalue weighted by Crippen LogP contribution is 2.35. The molecule has 0 bridgehead atoms. The highest BCUT2D eigenvalue weighted by Gasteiger charge is 2.25. The Kier molecular flexibility index (Phi) is 2.61. The fraction of sp³-hybridized carbons (Fsp3) is 0.333. The molecule has 1 aliphatic carbocycles. The Morgan fingerprint density at radius 3 is 2.47 bits per heavy atom. The van der Waals surface area contributed by atoms with Crippen molar-refractivity contribution in [1.82, 2.24) is 0 Å². The number of hydrogen-bond acceptors (Lipinski definition) is 2. The molecule has 0 spiro atoms. The average Bonchev–Trinajstić information content (AvgIpc) is 2.35. The summed E-state index contributed by atoms with van der Waals surface area (Å²) >= 11 is 0. The Labute approximate surface area is 101 Å². The third kappa shape index (κ3) is 1.84. The summed E-state index contributed by atoms with van der Waals surface area (Å²) in [6.07, 6.45) is 1.70. The standard InChI is InChI=1S/C15H16O2/c16-15(17)13-7-3-6-12-8-10-4-1-2-5-11(10)9-14(12)13/h1-2,4-5,8-9,13,15-17H,3,6-7H2. The maximum Gasteiger partial charge on any atom is 0.158 e. The number of aliphatic hydroxyl groups is 2. The second kappa shape index (κ2) is 4.13. The Morgan fingerprint density at radius 1 is 1.06 bits per heavy atom. The molecule has 0 amide bonds. The molecule has 1 unspecified atom stereocenters. The topological polar surface area (TPSA) is 40.5 Å². The fourth-order valence-electron chi connectivity index (χ4n) is 2.84. The highest BCUT2D eigenvalue weighted by atomic mass is 16.5. The zero-order valence-electron chi connectivity index (χ0n) is 9.63. The summed E-state index contributed by atoms with van der Waals surface area (Å²) < 4.78 is 0. The van der Waals surface area contributed by atoms with Crippen LogP contribution in [0.4, 0.5) is 0 Å². The quantitative estimate of drug-likeness (QED) is 0.736. The molecule has 0 heterocycles. The van der Waals surface area contributed by atoms with Gasteiger partial charge in [-0.3, -0.25) is 0 Å². The average molecular weight is 228 g/mol. The van der Waals surface area contributed by atoms with Gasteiger partial charge in [0.25, 0.3) is 0 Å². The smallest absolute Gasteiger partial charge is 0.158 e. The first kappa shape index (κ1) is 10.8. The van der Waals surface area contributed by atoms with Gasteiger partial charge in [0.1, 0.15) is 0 Å². The van der Waals surface area contributed by atoms with Crippen molar-refractivity contribution in [2.24, 2.45) is 0 Å². The van der Waals surface area contributed by atoms with Gasteiger partial charge in [0.05, 0.1) is 0 Å². The predicted molar refractivity (Wildman–Crippen MR) is 67.9 cm³/mol. The maximum atomic E-state index is 9.45. The van der Waals surface area contributed by atoms with Crippen LogP contribution in [-0.4, -0.2) is 16.5 Å². The summed E-state index contributed by atoms with van der Waals surface area (Å²) in [5.74, 6) is -0.122. The Morgan fingerprint density at radius 2 is 1.76 bits per heavy atom. The van der Waals surface area contributed by atoms with Crippen LogP contribution in [0.5, 0.6) is 0 Å². The van der Waals surface area contributed by atoms with E-state index in [1.807, 2.05) is 12.1 Å². The Hall–Kier alpha value is -1.38. The van der Waals surface area contributed by atoms with Crippen molar-refractivity contribution in [3.63, 3.8) is 0 Å². The Balaban J connectivity index is 2.19. The van der Waals surface area contributed by atoms with Crippen LogP contribution in [0, 0.1) is 0 Å². The molecule has 2 N–H and O–H groups in total. The zero-order valence-corrected chi connectivity index (χ0v) is 9.63. The molecule has 1 atom stereocenters. The van der Waals surface area contributed by atoms with E-state index in [0.29, 0.717) is 0 Å². The largest absolute Gasteiger partial charge is 0.368 e. The molecule has 0 saturated heterocycles. The molecule has 0 aromatic heterocycles. The summed E-state index contributed by atoms with van der Waals surface area (Å²) in [7, 11) is 0. The number of aliphatic hydroxyl groups excluding tert-OH is 1. The van der Waals surface area contributed by atoms with Crippen molar-refractivity contribution in [1.29, 1.82) is 0 Å². The number of rotatable bonds is 1. The van der Waals surface area contributed by atoms with Crippen LogP contribution >= 0.6 is 0 Å². The van der Waals surface area contributed by atoms with Crippen molar-refractivity contribution < 1.29 is 10.2 Å². The summed E-state index contributed by atoms with van der Waals surface area (Å²) in [4.78, 5) is 0. The number of benzene rings is 2. The first-order chi connectivity index (χ1) is 8.25. The molecule has 0 radical (unpaired) electrons. The van der Waals surface area contributed by atoms with Gasteiger partial charge in [-0.1, -0.05) is 36.4 Å². The van der Waals surface area contributed by atoms with Crippen molar-refractivity contribution in [2.75, 3.05) is 0 Å². The lowest BCUT2D eigenvalue weighted by Gasteiger charge is -2.27. The summed E-state index contributed by atoms with van der Waals surface area (Å²) in [6, 6.07) is 12.5. The normalized spacial score (nSPS) is 19.6. The monoisotopic (exact) mass is 228 g/mol. The van der Waals surface area contributed by atoms with Crippen LogP contribution < -0.4 is 0 Å². The number of aryl methyl sites for hydroxylation is 1. The molecule has 0 saturated carbocycles. The van der Waals surface area contributed by atoms with Crippen LogP contribution in [-0.2, 0) is 6.42 Å². The Bertz CT molecular complexity index is 546. The first-order valence-corrected chi connectivity index (χ1v) is 6.13. The molecule has 0 fully saturated rings. The lowest BCUT2D eigenvalue weighted by atomic mass is 9.81. The van der Waals surface area contributed by atoms with Gasteiger partial charge in [0.2, 0.25) is 0 Å². The van der Waals surface area contributed by atoms with Crippen molar-refractivity contribution in [3.8, 4) is 0 Å². The third-order valence-electron chi connectivity index (χ3n) is 3.73. The minimum Gasteiger partial charge on any atom is -0.368 e. The van der Waals surface area contributed by atoms with Gasteiger partial charge in [-0.05, 0) is 41.2 Å². The second-order valence-electron chi connectivity index (χ2n) is 4.81. The lowest BCUT2D eigenvalue weighted by Crippen LogP contribution is -2.22. The van der Waals surface area contributed by atoms with E-state index in [1.54, 1.807) is 0 Å². The maximum absolute atomic E-state index is 9.45. The van der Waals surface area contributed by atoms with Crippen LogP contribution in [0.25, 0.3) is 10.8 Å². The first-order valence-electron chi connectivity index (χ1n) is 6.13. The highest BCUT2D eigenvalue weighted by molar-refractivity contribution is 5.84. The zero-order chi connectivity index (χ0) is 11.8. The number of fused-ring (bicyclic) bond motifs is 2. The van der Waals surface area contributed by atoms with E-state index in [-0.39, 0.29) is 5.92 Å². The van der Waals surface area contributed by atoms with Gasteiger partial charge >= 0.3 is 0 Å². The van der Waals surface area contributed by atoms with E-state index in [1.165, 1.54) is 16.3 Å². The third-order valence-corrected chi connectivity index (χ3v) is 3.73. The molecule has 17 heavy (non-hydrogen) atoms. The summed E-state index contributed by atoms with van der Waals surface area (Å²) in [6.45, 7) is 0. The van der Waals surface area contributed by atoms with Crippen molar-refractivity contribution in [2.45, 2.75) is 31.5 Å². The van der Waals surface area contributed by atoms with Gasteiger partial charge in [0, 0.05) is 5.92 Å². The van der Waals surface area contributed by atoms with Gasteiger partial charge in [0.15, 0.2) is 6.29 Å². The molecule has 2 aromatic rings. The van der Waals surface area contributed by atoms with Gasteiger partial charge in [-0.25, -0.2) is 0 Å². The SMILES string of the molecule is OC(O)C1CCCc2cc3ccccc3cc21. The molecule has 88 valence electrons. The van der Waals surface area contributed by atoms with Gasteiger partial charge in [-0.15, -0.1) is 0 Å². The molecule has 3 rings (SSSR count). The molecule has 2 heteroatoms. The molecule has 2 aromatic carbocycles. The van der Waals surface area contributed by atoms with Crippen LogP contribution in [0.3, 0.4) is 0 Å². The van der Waals surface area contributed by atoms with Crippen LogP contribution in [0.1, 0.15) is 29.9 Å². The van der Waals surface area contributed by atoms with E-state index in [4.69, 9.17) is 0 Å². The van der Waals surface area contributed by atoms with Gasteiger partial charge < -0.3 is 10.2 Å². The van der Waals surface area contributed by atoms with E-state index in [2.05, 4.69) is 24.3 Å². The predicted octanol–water partition coefficient (Wildman–Crippen LogP) is 2.57. The molecule has 0 aliphatic heterocycles. The fourth-order valence-corrected chi connectivity index (χ4v) is 2.84. The molecular formula is C15H16O2. The van der Waals surface area contributed by atoms with Crippen molar-refractivity contribution in [3.05, 3.63) is 47.5 Å². The molecular weight excluding hydrogens is 212 g/mol.